The van der Waals surface area contributed by atoms with Gasteiger partial charge in [0.15, 0.2) is 0 Å². The molecule has 0 unspecified atom stereocenters. The fourth-order valence-corrected chi connectivity index (χ4v) is 3.28. The van der Waals surface area contributed by atoms with Gasteiger partial charge in [-0.3, -0.25) is 14.3 Å². The summed E-state index contributed by atoms with van der Waals surface area (Å²) in [6.07, 6.45) is 9.15. The lowest BCUT2D eigenvalue weighted by atomic mass is 10.1. The maximum atomic E-state index is 14.3. The highest BCUT2D eigenvalue weighted by atomic mass is 19.1. The second-order valence-corrected chi connectivity index (χ2v) is 7.14. The van der Waals surface area contributed by atoms with Crippen LogP contribution in [0.25, 0.3) is 17.1 Å². The van der Waals surface area contributed by atoms with E-state index >= 15 is 0 Å². The number of nitrogens with zero attached hydrogens (tertiary/aromatic N) is 5. The van der Waals surface area contributed by atoms with E-state index in [0.29, 0.717) is 17.7 Å². The van der Waals surface area contributed by atoms with Crippen molar-refractivity contribution >= 4 is 5.70 Å². The summed E-state index contributed by atoms with van der Waals surface area (Å²) >= 11 is 0. The van der Waals surface area contributed by atoms with Crippen LogP contribution in [0.3, 0.4) is 0 Å². The Balaban J connectivity index is 1.84. The quantitative estimate of drug-likeness (QED) is 0.342. The fraction of sp³-hybridized carbons (Fsp3) is 0.348. The molecule has 0 aliphatic rings. The first kappa shape index (κ1) is 20.7. The summed E-state index contributed by atoms with van der Waals surface area (Å²) < 4.78 is 18.3. The zero-order valence-electron chi connectivity index (χ0n) is 17.6. The third kappa shape index (κ3) is 4.70. The van der Waals surface area contributed by atoms with Gasteiger partial charge in [0.2, 0.25) is 0 Å². The van der Waals surface area contributed by atoms with Gasteiger partial charge in [-0.05, 0) is 37.5 Å². The van der Waals surface area contributed by atoms with Gasteiger partial charge in [0.05, 0.1) is 17.9 Å². The first-order chi connectivity index (χ1) is 14.0. The lowest BCUT2D eigenvalue weighted by Crippen LogP contribution is -2.22. The molecule has 2 aromatic heterocycles. The van der Waals surface area contributed by atoms with Crippen LogP contribution in [-0.2, 0) is 13.6 Å². The van der Waals surface area contributed by atoms with E-state index in [1.807, 2.05) is 46.9 Å². The largest absolute Gasteiger partial charge is 0.286 e. The Morgan fingerprint density at radius 2 is 2.10 bits per heavy atom. The van der Waals surface area contributed by atoms with Gasteiger partial charge in [-0.25, -0.2) is 4.39 Å². The minimum Gasteiger partial charge on any atom is -0.286 e. The van der Waals surface area contributed by atoms with E-state index < -0.39 is 0 Å². The minimum absolute atomic E-state index is 0.144. The highest BCUT2D eigenvalue weighted by molar-refractivity contribution is 5.68. The molecule has 1 aromatic carbocycles. The summed E-state index contributed by atoms with van der Waals surface area (Å²) in [5, 5.41) is 8.25. The standard InChI is InChI=1S/C23H28FN5/c1-5-6-7-11-20(27-25-3)18-12-13-26-21(14-18)22-16-29(28(22)4)15-19-10-8-9-17(2)23(19)24/h8-14,16H,5-7,15H2,1-4H3/b20-11-,27-25?. The lowest BCUT2D eigenvalue weighted by molar-refractivity contribution is 0.482. The smallest absolute Gasteiger partial charge is 0.131 e. The average molecular weight is 394 g/mol. The van der Waals surface area contributed by atoms with Crippen molar-refractivity contribution in [1.82, 2.24) is 14.3 Å². The number of benzene rings is 1. The minimum atomic E-state index is -0.144. The van der Waals surface area contributed by atoms with Crippen LogP contribution in [0.15, 0.2) is 59.0 Å². The molecule has 29 heavy (non-hydrogen) atoms. The summed E-state index contributed by atoms with van der Waals surface area (Å²) in [7, 11) is 3.64. The monoisotopic (exact) mass is 393 g/mol. The second kappa shape index (κ2) is 9.45. The molecule has 6 heteroatoms. The molecule has 0 aliphatic heterocycles. The molecule has 0 aliphatic carbocycles. The number of rotatable bonds is 8. The molecule has 2 heterocycles. The van der Waals surface area contributed by atoms with Crippen LogP contribution in [-0.4, -0.2) is 21.4 Å². The molecule has 0 N–H and O–H groups in total. The molecule has 152 valence electrons. The highest BCUT2D eigenvalue weighted by Crippen LogP contribution is 2.25. The van der Waals surface area contributed by atoms with Gasteiger partial charge in [0, 0.05) is 37.6 Å². The molecule has 0 bridgehead atoms. The summed E-state index contributed by atoms with van der Waals surface area (Å²) in [5.74, 6) is -0.144. The van der Waals surface area contributed by atoms with Crippen LogP contribution in [0.2, 0.25) is 0 Å². The van der Waals surface area contributed by atoms with E-state index in [0.717, 1.165) is 41.9 Å². The Morgan fingerprint density at radius 1 is 1.28 bits per heavy atom. The number of aryl methyl sites for hydroxylation is 1. The van der Waals surface area contributed by atoms with Crippen molar-refractivity contribution < 1.29 is 4.39 Å². The maximum absolute atomic E-state index is 14.3. The van der Waals surface area contributed by atoms with Gasteiger partial charge >= 0.3 is 0 Å². The third-order valence-corrected chi connectivity index (χ3v) is 5.03. The summed E-state index contributed by atoms with van der Waals surface area (Å²) in [5.41, 5.74) is 5.05. The molecule has 0 fully saturated rings. The topological polar surface area (TPSA) is 47.5 Å². The van der Waals surface area contributed by atoms with E-state index in [9.17, 15) is 4.39 Å². The van der Waals surface area contributed by atoms with E-state index in [1.165, 1.54) is 0 Å². The second-order valence-electron chi connectivity index (χ2n) is 7.14. The number of pyridine rings is 1. The molecule has 0 spiro atoms. The predicted molar refractivity (Wildman–Crippen MR) is 115 cm³/mol. The zero-order chi connectivity index (χ0) is 20.8. The van der Waals surface area contributed by atoms with Crippen LogP contribution in [0, 0.1) is 12.7 Å². The molecular weight excluding hydrogens is 365 g/mol. The van der Waals surface area contributed by atoms with Crippen molar-refractivity contribution in [3.8, 4) is 11.4 Å². The molecule has 3 rings (SSSR count). The number of allylic oxidation sites excluding steroid dienone is 1. The maximum Gasteiger partial charge on any atom is 0.131 e. The van der Waals surface area contributed by atoms with Crippen molar-refractivity contribution in [2.45, 2.75) is 39.7 Å². The van der Waals surface area contributed by atoms with Crippen molar-refractivity contribution in [3.63, 3.8) is 0 Å². The van der Waals surface area contributed by atoms with E-state index in [1.54, 1.807) is 26.2 Å². The summed E-state index contributed by atoms with van der Waals surface area (Å²) in [6, 6.07) is 9.48. The Labute approximate surface area is 171 Å². The van der Waals surface area contributed by atoms with Crippen LogP contribution >= 0.6 is 0 Å². The first-order valence-corrected chi connectivity index (χ1v) is 9.98. The van der Waals surface area contributed by atoms with Gasteiger partial charge < -0.3 is 0 Å². The number of azo groups is 1. The Bertz CT molecular complexity index is 1030. The number of aromatic nitrogens is 3. The van der Waals surface area contributed by atoms with E-state index in [-0.39, 0.29) is 5.82 Å². The van der Waals surface area contributed by atoms with Crippen molar-refractivity contribution in [2.75, 3.05) is 7.05 Å². The highest BCUT2D eigenvalue weighted by Gasteiger charge is 2.14. The molecule has 0 atom stereocenters. The molecule has 3 aromatic rings. The molecule has 0 radical (unpaired) electrons. The van der Waals surface area contributed by atoms with Gasteiger partial charge in [-0.2, -0.15) is 10.2 Å². The fourth-order valence-electron chi connectivity index (χ4n) is 3.28. The average Bonchev–Trinajstić information content (AvgIpc) is 2.73. The van der Waals surface area contributed by atoms with Crippen molar-refractivity contribution in [2.24, 2.45) is 17.3 Å². The van der Waals surface area contributed by atoms with E-state index in [4.69, 9.17) is 0 Å². The predicted octanol–water partition coefficient (Wildman–Crippen LogP) is 6.00. The summed E-state index contributed by atoms with van der Waals surface area (Å²) in [6.45, 7) is 4.45. The van der Waals surface area contributed by atoms with Crippen LogP contribution < -0.4 is 0 Å². The molecule has 0 saturated heterocycles. The zero-order valence-corrected chi connectivity index (χ0v) is 17.6. The van der Waals surface area contributed by atoms with Crippen LogP contribution in [0.4, 0.5) is 4.39 Å². The van der Waals surface area contributed by atoms with Gasteiger partial charge in [0.1, 0.15) is 11.5 Å². The van der Waals surface area contributed by atoms with Crippen molar-refractivity contribution in [3.05, 3.63) is 71.3 Å². The number of hydrogen-bond donors (Lipinski definition) is 0. The molecule has 0 amide bonds. The molecule has 0 saturated carbocycles. The Morgan fingerprint density at radius 3 is 2.83 bits per heavy atom. The Hall–Kier alpha value is -3.02. The number of hydrogen-bond acceptors (Lipinski definition) is 3. The van der Waals surface area contributed by atoms with Crippen molar-refractivity contribution in [1.29, 1.82) is 0 Å². The molecule has 5 nitrogen and oxygen atoms in total. The van der Waals surface area contributed by atoms with Gasteiger partial charge in [-0.1, -0.05) is 37.6 Å². The molecular formula is C23H28FN5. The summed E-state index contributed by atoms with van der Waals surface area (Å²) in [4.78, 5) is 4.51. The Kier molecular flexibility index (Phi) is 6.75. The van der Waals surface area contributed by atoms with Crippen LogP contribution in [0.5, 0.6) is 0 Å². The normalized spacial score (nSPS) is 12.2. The van der Waals surface area contributed by atoms with E-state index in [2.05, 4.69) is 28.2 Å². The lowest BCUT2D eigenvalue weighted by Gasteiger charge is -2.24. The first-order valence-electron chi connectivity index (χ1n) is 9.98. The third-order valence-electron chi connectivity index (χ3n) is 5.03. The number of unbranched alkanes of at least 4 members (excludes halogenated alkanes) is 2. The van der Waals surface area contributed by atoms with Crippen LogP contribution in [0.1, 0.15) is 42.9 Å². The number of halogens is 1. The van der Waals surface area contributed by atoms with Gasteiger partial charge in [-0.15, -0.1) is 0 Å². The van der Waals surface area contributed by atoms with Gasteiger partial charge in [0.25, 0.3) is 0 Å². The SMILES string of the molecule is CCCC/C=C(\N=NC)c1ccnc(-c2cn(Cc3cccc(C)c3F)n2C)c1.